The van der Waals surface area contributed by atoms with E-state index < -0.39 is 0 Å². The number of hydrogen-bond donors (Lipinski definition) is 1. The Morgan fingerprint density at radius 2 is 1.74 bits per heavy atom. The quantitative estimate of drug-likeness (QED) is 0.723. The van der Waals surface area contributed by atoms with Crippen molar-refractivity contribution in [1.29, 1.82) is 0 Å². The van der Waals surface area contributed by atoms with Crippen molar-refractivity contribution in [2.24, 2.45) is 11.3 Å². The van der Waals surface area contributed by atoms with Crippen LogP contribution in [0.3, 0.4) is 0 Å². The number of carbonyl (C=O) groups excluding carboxylic acids is 2. The summed E-state index contributed by atoms with van der Waals surface area (Å²) in [6.07, 6.45) is 7.68. The van der Waals surface area contributed by atoms with Crippen LogP contribution in [0.2, 0.25) is 0 Å². The van der Waals surface area contributed by atoms with Gasteiger partial charge in [-0.3, -0.25) is 9.59 Å². The van der Waals surface area contributed by atoms with Gasteiger partial charge in [-0.25, -0.2) is 0 Å². The molecule has 2 aliphatic carbocycles. The second-order valence-electron chi connectivity index (χ2n) is 9.89. The number of benzene rings is 1. The normalized spacial score (nSPS) is 23.6. The molecule has 164 valence electrons. The van der Waals surface area contributed by atoms with E-state index in [2.05, 4.69) is 35.6 Å². The minimum absolute atomic E-state index is 0.105. The summed E-state index contributed by atoms with van der Waals surface area (Å²) >= 11 is 1.57. The molecule has 2 saturated carbocycles. The molecule has 3 fully saturated rings. The molecule has 1 aromatic heterocycles. The van der Waals surface area contributed by atoms with Crippen LogP contribution in [-0.4, -0.2) is 36.3 Å². The van der Waals surface area contributed by atoms with Crippen molar-refractivity contribution in [3.8, 4) is 0 Å². The fourth-order valence-corrected chi connectivity index (χ4v) is 6.76. The molecule has 1 N–H and O–H groups in total. The van der Waals surface area contributed by atoms with E-state index in [4.69, 9.17) is 0 Å². The lowest BCUT2D eigenvalue weighted by atomic mass is 9.78. The number of likely N-dealkylation sites (tertiary alicyclic amines) is 1. The highest BCUT2D eigenvalue weighted by Crippen LogP contribution is 2.59. The molecule has 1 atom stereocenters. The lowest BCUT2D eigenvalue weighted by Crippen LogP contribution is -2.42. The third-order valence-electron chi connectivity index (χ3n) is 8.05. The van der Waals surface area contributed by atoms with Crippen LogP contribution in [0.1, 0.15) is 65.1 Å². The van der Waals surface area contributed by atoms with Gasteiger partial charge in [-0.2, -0.15) is 0 Å². The largest absolute Gasteiger partial charge is 0.355 e. The molecule has 1 spiro atoms. The van der Waals surface area contributed by atoms with Crippen LogP contribution >= 0.6 is 11.3 Å². The van der Waals surface area contributed by atoms with Crippen LogP contribution in [0.25, 0.3) is 0 Å². The summed E-state index contributed by atoms with van der Waals surface area (Å²) < 4.78 is 0. The molecule has 5 heteroatoms. The number of amides is 2. The fraction of sp³-hybridized carbons (Fsp3) is 0.538. The van der Waals surface area contributed by atoms with Gasteiger partial charge in [-0.05, 0) is 62.1 Å². The zero-order chi connectivity index (χ0) is 21.5. The Hall–Kier alpha value is -2.14. The second kappa shape index (κ2) is 8.09. The highest BCUT2D eigenvalue weighted by Gasteiger charge is 2.58. The molecule has 1 aliphatic heterocycles. The van der Waals surface area contributed by atoms with Gasteiger partial charge in [-0.1, -0.05) is 43.2 Å². The molecule has 2 heterocycles. The Morgan fingerprint density at radius 1 is 1.03 bits per heavy atom. The summed E-state index contributed by atoms with van der Waals surface area (Å²) in [5.41, 5.74) is 1.60. The Balaban J connectivity index is 1.16. The number of nitrogens with one attached hydrogen (secondary N) is 1. The van der Waals surface area contributed by atoms with Crippen molar-refractivity contribution in [2.75, 3.05) is 19.6 Å². The van der Waals surface area contributed by atoms with E-state index in [-0.39, 0.29) is 28.6 Å². The van der Waals surface area contributed by atoms with E-state index in [9.17, 15) is 9.59 Å². The molecule has 2 amide bonds. The fourth-order valence-electron chi connectivity index (χ4n) is 5.92. The summed E-state index contributed by atoms with van der Waals surface area (Å²) in [5, 5.41) is 3.34. The zero-order valence-corrected chi connectivity index (χ0v) is 19.2. The lowest BCUT2D eigenvalue weighted by Gasteiger charge is -2.33. The smallest absolute Gasteiger partial charge is 0.263 e. The summed E-state index contributed by atoms with van der Waals surface area (Å²) in [6.45, 7) is 4.33. The Morgan fingerprint density at radius 3 is 2.39 bits per heavy atom. The van der Waals surface area contributed by atoms with Gasteiger partial charge in [0.05, 0.1) is 4.88 Å². The molecule has 1 aromatic carbocycles. The van der Waals surface area contributed by atoms with Crippen molar-refractivity contribution in [1.82, 2.24) is 10.2 Å². The third-order valence-corrected chi connectivity index (χ3v) is 9.04. The van der Waals surface area contributed by atoms with E-state index in [1.165, 1.54) is 23.3 Å². The molecule has 0 bridgehead atoms. The average molecular weight is 437 g/mol. The molecule has 1 saturated heterocycles. The Bertz CT molecular complexity index is 953. The SMILES string of the molecule is Cc1ccc(C(=O)N2CCC3(CC2)CC3C(=O)NCC2(c3ccccc3)CCCC2)s1. The molecular formula is C26H32N2O2S. The van der Waals surface area contributed by atoms with Gasteiger partial charge in [-0.15, -0.1) is 11.3 Å². The van der Waals surface area contributed by atoms with Gasteiger partial charge >= 0.3 is 0 Å². The predicted molar refractivity (Wildman–Crippen MR) is 124 cm³/mol. The Labute approximate surface area is 189 Å². The zero-order valence-electron chi connectivity index (χ0n) is 18.4. The average Bonchev–Trinajstić information content (AvgIpc) is 3.12. The van der Waals surface area contributed by atoms with E-state index in [1.54, 1.807) is 11.3 Å². The van der Waals surface area contributed by atoms with Crippen molar-refractivity contribution in [3.63, 3.8) is 0 Å². The number of piperidine rings is 1. The number of aryl methyl sites for hydroxylation is 1. The van der Waals surface area contributed by atoms with E-state index >= 15 is 0 Å². The second-order valence-corrected chi connectivity index (χ2v) is 11.2. The predicted octanol–water partition coefficient (Wildman–Crippen LogP) is 4.93. The summed E-state index contributed by atoms with van der Waals surface area (Å²) in [4.78, 5) is 29.8. The molecule has 31 heavy (non-hydrogen) atoms. The maximum Gasteiger partial charge on any atom is 0.263 e. The molecule has 0 radical (unpaired) electrons. The van der Waals surface area contributed by atoms with E-state index in [0.29, 0.717) is 0 Å². The van der Waals surface area contributed by atoms with Crippen LogP contribution in [0.5, 0.6) is 0 Å². The first-order chi connectivity index (χ1) is 15.0. The maximum atomic E-state index is 13.1. The number of carbonyl (C=O) groups is 2. The van der Waals surface area contributed by atoms with Gasteiger partial charge in [0.25, 0.3) is 5.91 Å². The lowest BCUT2D eigenvalue weighted by molar-refractivity contribution is -0.123. The summed E-state index contributed by atoms with van der Waals surface area (Å²) in [5.74, 6) is 0.513. The van der Waals surface area contributed by atoms with Crippen molar-refractivity contribution in [2.45, 2.75) is 57.3 Å². The van der Waals surface area contributed by atoms with Crippen molar-refractivity contribution in [3.05, 3.63) is 57.8 Å². The number of hydrogen-bond acceptors (Lipinski definition) is 3. The highest BCUT2D eigenvalue weighted by molar-refractivity contribution is 7.13. The van der Waals surface area contributed by atoms with Gasteiger partial charge in [0.2, 0.25) is 5.91 Å². The van der Waals surface area contributed by atoms with Crippen LogP contribution in [0.4, 0.5) is 0 Å². The molecule has 5 rings (SSSR count). The van der Waals surface area contributed by atoms with Gasteiger partial charge in [0.15, 0.2) is 0 Å². The van der Waals surface area contributed by atoms with Crippen LogP contribution in [0.15, 0.2) is 42.5 Å². The molecule has 1 unspecified atom stereocenters. The van der Waals surface area contributed by atoms with Gasteiger partial charge < -0.3 is 10.2 Å². The van der Waals surface area contributed by atoms with E-state index in [1.807, 2.05) is 24.0 Å². The summed E-state index contributed by atoms with van der Waals surface area (Å²) in [6, 6.07) is 14.7. The topological polar surface area (TPSA) is 49.4 Å². The third kappa shape index (κ3) is 3.93. The molecular weight excluding hydrogens is 404 g/mol. The molecule has 2 aromatic rings. The minimum atomic E-state index is 0.105. The van der Waals surface area contributed by atoms with E-state index in [0.717, 1.165) is 56.6 Å². The van der Waals surface area contributed by atoms with Crippen LogP contribution in [0, 0.1) is 18.3 Å². The standard InChI is InChI=1S/C26H32N2O2S/c1-19-9-10-22(31-19)24(30)28-15-13-25(14-16-28)17-21(25)23(29)27-18-26(11-5-6-12-26)20-7-3-2-4-8-20/h2-4,7-10,21H,5-6,11-18H2,1H3,(H,27,29). The number of rotatable bonds is 5. The molecule has 4 nitrogen and oxygen atoms in total. The number of thiophene rings is 1. The first-order valence-electron chi connectivity index (χ1n) is 11.7. The first kappa shape index (κ1) is 20.7. The minimum Gasteiger partial charge on any atom is -0.355 e. The van der Waals surface area contributed by atoms with Crippen LogP contribution < -0.4 is 5.32 Å². The molecule has 3 aliphatic rings. The highest BCUT2D eigenvalue weighted by atomic mass is 32.1. The first-order valence-corrected chi connectivity index (χ1v) is 12.5. The maximum absolute atomic E-state index is 13.1. The van der Waals surface area contributed by atoms with Crippen LogP contribution in [-0.2, 0) is 10.2 Å². The summed E-state index contributed by atoms with van der Waals surface area (Å²) in [7, 11) is 0. The van der Waals surface area contributed by atoms with Crippen molar-refractivity contribution >= 4 is 23.2 Å². The van der Waals surface area contributed by atoms with Crippen molar-refractivity contribution < 1.29 is 9.59 Å². The van der Waals surface area contributed by atoms with Gasteiger partial charge in [0.1, 0.15) is 0 Å². The Kier molecular flexibility index (Phi) is 5.41. The van der Waals surface area contributed by atoms with Gasteiger partial charge in [0, 0.05) is 35.8 Å². The monoisotopic (exact) mass is 436 g/mol. The number of nitrogens with zero attached hydrogens (tertiary/aromatic N) is 1.